The molecule has 1 fully saturated rings. The van der Waals surface area contributed by atoms with Gasteiger partial charge >= 0.3 is 12.1 Å². The Kier molecular flexibility index (Phi) is 12.7. The molecule has 1 aliphatic rings. The van der Waals surface area contributed by atoms with Gasteiger partial charge in [-0.05, 0) is 77.7 Å². The first kappa shape index (κ1) is 35.7. The van der Waals surface area contributed by atoms with Crippen molar-refractivity contribution < 1.29 is 45.8 Å². The number of carboxylic acid groups (broad SMARTS) is 1. The van der Waals surface area contributed by atoms with Crippen molar-refractivity contribution in [3.63, 3.8) is 0 Å². The van der Waals surface area contributed by atoms with Gasteiger partial charge in [-0.2, -0.15) is 17.5 Å². The van der Waals surface area contributed by atoms with Gasteiger partial charge in [-0.15, -0.1) is 0 Å². The molecule has 1 saturated heterocycles. The van der Waals surface area contributed by atoms with Crippen LogP contribution in [0.1, 0.15) is 43.4 Å². The van der Waals surface area contributed by atoms with Crippen LogP contribution in [0.15, 0.2) is 51.8 Å². The van der Waals surface area contributed by atoms with Crippen molar-refractivity contribution in [2.45, 2.75) is 49.4 Å². The van der Waals surface area contributed by atoms with Gasteiger partial charge in [0.1, 0.15) is 12.3 Å². The van der Waals surface area contributed by atoms with Crippen LogP contribution in [0, 0.1) is 5.41 Å². The van der Waals surface area contributed by atoms with E-state index in [9.17, 15) is 31.2 Å². The van der Waals surface area contributed by atoms with Crippen molar-refractivity contribution in [1.82, 2.24) is 9.62 Å². The van der Waals surface area contributed by atoms with E-state index in [1.54, 1.807) is 50.4 Å². The minimum absolute atomic E-state index is 0.0705. The van der Waals surface area contributed by atoms with E-state index in [0.717, 1.165) is 0 Å². The van der Waals surface area contributed by atoms with E-state index in [1.165, 1.54) is 10.4 Å². The van der Waals surface area contributed by atoms with Gasteiger partial charge in [0.25, 0.3) is 0 Å². The molecule has 0 radical (unpaired) electrons. The van der Waals surface area contributed by atoms with Crippen molar-refractivity contribution in [1.29, 1.82) is 5.41 Å². The maximum Gasteiger partial charge on any atom is 0.490 e. The molecule has 0 aromatic heterocycles. The SMILES string of the molecule is COC1CCN(S(=O)(=O)c2ccc(C(C)NC(=O)CC(=O)Nc3ccc(C(=N)N)cc3)cc2Br)CC1.O=C(O)C(F)(F)F. The van der Waals surface area contributed by atoms with Gasteiger partial charge < -0.3 is 26.2 Å². The highest BCUT2D eigenvalue weighted by Gasteiger charge is 2.38. The summed E-state index contributed by atoms with van der Waals surface area (Å²) in [7, 11) is -2.04. The third-order valence-corrected chi connectivity index (χ3v) is 9.10. The number of aliphatic carboxylic acids is 1. The van der Waals surface area contributed by atoms with E-state index in [-0.39, 0.29) is 23.3 Å². The number of methoxy groups -OCH3 is 1. The van der Waals surface area contributed by atoms with Gasteiger partial charge in [0, 0.05) is 35.9 Å². The van der Waals surface area contributed by atoms with Crippen molar-refractivity contribution in [3.8, 4) is 0 Å². The number of ether oxygens (including phenoxy) is 1. The number of piperidine rings is 1. The number of hydrogen-bond acceptors (Lipinski definition) is 7. The molecular formula is C26H31BrF3N5O7S. The zero-order chi connectivity index (χ0) is 32.5. The number of amidine groups is 1. The molecule has 1 unspecified atom stereocenters. The Morgan fingerprint density at radius 3 is 2.16 bits per heavy atom. The predicted molar refractivity (Wildman–Crippen MR) is 154 cm³/mol. The quantitative estimate of drug-likeness (QED) is 0.150. The number of anilines is 1. The Labute approximate surface area is 254 Å². The van der Waals surface area contributed by atoms with Crippen LogP contribution in [0.3, 0.4) is 0 Å². The van der Waals surface area contributed by atoms with Crippen molar-refractivity contribution in [3.05, 3.63) is 58.1 Å². The zero-order valence-electron chi connectivity index (χ0n) is 23.1. The second-order valence-electron chi connectivity index (χ2n) is 9.34. The summed E-state index contributed by atoms with van der Waals surface area (Å²) in [5.74, 6) is -3.80. The van der Waals surface area contributed by atoms with Crippen molar-refractivity contribution >= 4 is 55.3 Å². The Morgan fingerprint density at radius 2 is 1.70 bits per heavy atom. The van der Waals surface area contributed by atoms with Crippen LogP contribution in [-0.4, -0.2) is 73.9 Å². The molecule has 1 heterocycles. The van der Waals surface area contributed by atoms with Gasteiger partial charge in [-0.1, -0.05) is 6.07 Å². The lowest BCUT2D eigenvalue weighted by Crippen LogP contribution is -2.40. The number of benzene rings is 2. The fourth-order valence-electron chi connectivity index (χ4n) is 3.90. The molecular weight excluding hydrogens is 663 g/mol. The van der Waals surface area contributed by atoms with E-state index in [2.05, 4.69) is 26.6 Å². The van der Waals surface area contributed by atoms with E-state index < -0.39 is 40.0 Å². The summed E-state index contributed by atoms with van der Waals surface area (Å²) in [6.45, 7) is 2.54. The number of nitrogen functional groups attached to an aromatic ring is 1. The maximum absolute atomic E-state index is 13.1. The Bertz CT molecular complexity index is 1430. The number of amides is 2. The molecule has 2 aromatic carbocycles. The average molecular weight is 695 g/mol. The molecule has 12 nitrogen and oxygen atoms in total. The number of hydrogen-bond donors (Lipinski definition) is 5. The van der Waals surface area contributed by atoms with Crippen LogP contribution in [0.25, 0.3) is 0 Å². The lowest BCUT2D eigenvalue weighted by atomic mass is 10.1. The van der Waals surface area contributed by atoms with Crippen molar-refractivity contribution in [2.24, 2.45) is 5.73 Å². The summed E-state index contributed by atoms with van der Waals surface area (Å²) >= 11 is 3.37. The predicted octanol–water partition coefficient (Wildman–Crippen LogP) is 3.37. The number of carboxylic acids is 1. The smallest absolute Gasteiger partial charge is 0.475 e. The average Bonchev–Trinajstić information content (AvgIpc) is 2.92. The fraction of sp³-hybridized carbons (Fsp3) is 0.385. The second kappa shape index (κ2) is 15.3. The summed E-state index contributed by atoms with van der Waals surface area (Å²) < 4.78 is 65.1. The molecule has 43 heavy (non-hydrogen) atoms. The summed E-state index contributed by atoms with van der Waals surface area (Å²) in [5.41, 5.74) is 7.11. The molecule has 0 bridgehead atoms. The van der Waals surface area contributed by atoms with Crippen LogP contribution in [0.4, 0.5) is 18.9 Å². The second-order valence-corrected chi connectivity index (χ2v) is 12.1. The number of carbonyl (C=O) groups excluding carboxylic acids is 2. The Morgan fingerprint density at radius 1 is 1.14 bits per heavy atom. The Balaban J connectivity index is 0.000000821. The van der Waals surface area contributed by atoms with E-state index in [0.29, 0.717) is 47.2 Å². The summed E-state index contributed by atoms with van der Waals surface area (Å²) in [4.78, 5) is 33.7. The molecule has 1 atom stereocenters. The highest BCUT2D eigenvalue weighted by Crippen LogP contribution is 2.30. The molecule has 236 valence electrons. The van der Waals surface area contributed by atoms with Crippen LogP contribution in [-0.2, 0) is 29.1 Å². The first-order valence-corrected chi connectivity index (χ1v) is 14.8. The first-order valence-electron chi connectivity index (χ1n) is 12.6. The molecule has 0 aliphatic carbocycles. The molecule has 2 aromatic rings. The van der Waals surface area contributed by atoms with Gasteiger partial charge in [-0.25, -0.2) is 13.2 Å². The van der Waals surface area contributed by atoms with E-state index >= 15 is 0 Å². The standard InChI is InChI=1S/C24H30BrN5O5S.C2HF3O2/c1-15(28-22(31)14-23(32)29-18-6-3-16(4-7-18)24(26)27)17-5-8-21(20(25)13-17)36(33,34)30-11-9-19(35-2)10-12-30;3-2(4,5)1(6)7/h3-8,13,15,19H,9-12,14H2,1-2H3,(H3,26,27)(H,28,31)(H,29,32);(H,6,7). The fourth-order valence-corrected chi connectivity index (χ4v) is 6.43. The molecule has 6 N–H and O–H groups in total. The van der Waals surface area contributed by atoms with E-state index in [4.69, 9.17) is 25.8 Å². The number of sulfonamides is 1. The number of nitrogens with two attached hydrogens (primary N) is 1. The highest BCUT2D eigenvalue weighted by molar-refractivity contribution is 9.10. The molecule has 0 saturated carbocycles. The number of alkyl halides is 3. The molecule has 17 heteroatoms. The third kappa shape index (κ3) is 10.6. The lowest BCUT2D eigenvalue weighted by Gasteiger charge is -2.30. The highest BCUT2D eigenvalue weighted by atomic mass is 79.9. The number of nitrogens with one attached hydrogen (secondary N) is 3. The minimum Gasteiger partial charge on any atom is -0.475 e. The van der Waals surface area contributed by atoms with Gasteiger partial charge in [0.05, 0.1) is 17.0 Å². The van der Waals surface area contributed by atoms with E-state index in [1.807, 2.05) is 0 Å². The topological polar surface area (TPSA) is 192 Å². The van der Waals surface area contributed by atoms with Gasteiger partial charge in [-0.3, -0.25) is 15.0 Å². The molecule has 1 aliphatic heterocycles. The van der Waals surface area contributed by atoms with Crippen LogP contribution in [0.5, 0.6) is 0 Å². The van der Waals surface area contributed by atoms with Crippen LogP contribution in [0.2, 0.25) is 0 Å². The first-order chi connectivity index (χ1) is 19.9. The van der Waals surface area contributed by atoms with Gasteiger partial charge in [0.2, 0.25) is 21.8 Å². The Hall–Kier alpha value is -3.54. The van der Waals surface area contributed by atoms with Crippen LogP contribution < -0.4 is 16.4 Å². The summed E-state index contributed by atoms with van der Waals surface area (Å²) in [6, 6.07) is 10.8. The number of halogens is 4. The molecule has 2 amide bonds. The molecule has 3 rings (SSSR count). The minimum atomic E-state index is -5.08. The third-order valence-electron chi connectivity index (χ3n) is 6.23. The molecule has 0 spiro atoms. The number of rotatable bonds is 9. The number of nitrogens with zero attached hydrogens (tertiary/aromatic N) is 1. The maximum atomic E-state index is 13.1. The monoisotopic (exact) mass is 693 g/mol. The number of carbonyl (C=O) groups is 3. The van der Waals surface area contributed by atoms with Crippen LogP contribution >= 0.6 is 15.9 Å². The largest absolute Gasteiger partial charge is 0.490 e. The van der Waals surface area contributed by atoms with Crippen molar-refractivity contribution in [2.75, 3.05) is 25.5 Å². The summed E-state index contributed by atoms with van der Waals surface area (Å²) in [6.07, 6.45) is -4.11. The van der Waals surface area contributed by atoms with Gasteiger partial charge in [0.15, 0.2) is 0 Å². The summed E-state index contributed by atoms with van der Waals surface area (Å²) in [5, 5.41) is 19.9. The zero-order valence-corrected chi connectivity index (χ0v) is 25.5. The lowest BCUT2D eigenvalue weighted by molar-refractivity contribution is -0.192. The normalized spacial score (nSPS) is 15.0.